The van der Waals surface area contributed by atoms with E-state index in [2.05, 4.69) is 11.8 Å². The zero-order valence-electron chi connectivity index (χ0n) is 14.8. The van der Waals surface area contributed by atoms with Crippen LogP contribution in [0.3, 0.4) is 0 Å². The molecule has 1 aliphatic rings. The molecule has 1 heterocycles. The number of benzene rings is 1. The number of hydrogen-bond acceptors (Lipinski definition) is 5. The molecule has 0 amide bonds. The van der Waals surface area contributed by atoms with Crippen LogP contribution in [0.2, 0.25) is 0 Å². The second kappa shape index (κ2) is 8.89. The predicted octanol–water partition coefficient (Wildman–Crippen LogP) is 2.25. The first kappa shape index (κ1) is 18.5. The molecule has 1 saturated heterocycles. The minimum absolute atomic E-state index is 0.510. The Labute approximate surface area is 144 Å². The lowest BCUT2D eigenvalue weighted by molar-refractivity contribution is -0.144. The van der Waals surface area contributed by atoms with Crippen molar-refractivity contribution in [1.29, 1.82) is 0 Å². The molecule has 1 fully saturated rings. The summed E-state index contributed by atoms with van der Waals surface area (Å²) in [6.07, 6.45) is 0. The summed E-state index contributed by atoms with van der Waals surface area (Å²) in [7, 11) is 0. The van der Waals surface area contributed by atoms with Gasteiger partial charge in [0.15, 0.2) is 11.5 Å². The summed E-state index contributed by atoms with van der Waals surface area (Å²) in [4.78, 5) is 16.3. The van der Waals surface area contributed by atoms with Gasteiger partial charge < -0.3 is 19.5 Å². The number of aliphatic carboxylic acids is 1. The van der Waals surface area contributed by atoms with Crippen molar-refractivity contribution in [2.45, 2.75) is 26.8 Å². The first-order valence-corrected chi connectivity index (χ1v) is 8.69. The molecule has 0 aromatic heterocycles. The van der Waals surface area contributed by atoms with E-state index in [1.807, 2.05) is 30.9 Å². The number of hydrogen-bond donors (Lipinski definition) is 1. The fraction of sp³-hybridized carbons (Fsp3) is 0.611. The third-order valence-corrected chi connectivity index (χ3v) is 4.34. The number of carbonyl (C=O) groups is 1. The first-order chi connectivity index (χ1) is 11.6. The molecule has 6 nitrogen and oxygen atoms in total. The highest BCUT2D eigenvalue weighted by Gasteiger charge is 2.30. The monoisotopic (exact) mass is 336 g/mol. The van der Waals surface area contributed by atoms with Gasteiger partial charge in [-0.3, -0.25) is 9.69 Å². The van der Waals surface area contributed by atoms with Crippen LogP contribution in [-0.2, 0) is 4.79 Å². The maximum atomic E-state index is 11.9. The normalized spacial score (nSPS) is 17.5. The molecule has 0 radical (unpaired) electrons. The van der Waals surface area contributed by atoms with E-state index in [1.165, 1.54) is 0 Å². The van der Waals surface area contributed by atoms with Crippen LogP contribution in [0.25, 0.3) is 0 Å². The third-order valence-electron chi connectivity index (χ3n) is 4.34. The molecular weight excluding hydrogens is 308 g/mol. The Morgan fingerprint density at radius 2 is 1.71 bits per heavy atom. The molecule has 1 atom stereocenters. The van der Waals surface area contributed by atoms with Crippen molar-refractivity contribution in [3.63, 3.8) is 0 Å². The molecule has 24 heavy (non-hydrogen) atoms. The molecule has 1 aromatic carbocycles. The van der Waals surface area contributed by atoms with Gasteiger partial charge in [-0.15, -0.1) is 0 Å². The van der Waals surface area contributed by atoms with Crippen molar-refractivity contribution >= 4 is 5.97 Å². The van der Waals surface area contributed by atoms with E-state index >= 15 is 0 Å². The van der Waals surface area contributed by atoms with Gasteiger partial charge in [-0.05, 0) is 38.1 Å². The summed E-state index contributed by atoms with van der Waals surface area (Å²) in [6, 6.07) is 4.79. The summed E-state index contributed by atoms with van der Waals surface area (Å²) in [5.41, 5.74) is 0.736. The average Bonchev–Trinajstić information content (AvgIpc) is 2.58. The Balaban J connectivity index is 2.24. The van der Waals surface area contributed by atoms with Gasteiger partial charge in [0.1, 0.15) is 6.04 Å². The molecule has 0 aliphatic carbocycles. The summed E-state index contributed by atoms with van der Waals surface area (Å²) >= 11 is 0. The second-order valence-electron chi connectivity index (χ2n) is 5.78. The minimum Gasteiger partial charge on any atom is -0.490 e. The lowest BCUT2D eigenvalue weighted by Crippen LogP contribution is -2.49. The molecule has 1 unspecified atom stereocenters. The Kier molecular flexibility index (Phi) is 6.87. The quantitative estimate of drug-likeness (QED) is 0.786. The first-order valence-electron chi connectivity index (χ1n) is 8.69. The van der Waals surface area contributed by atoms with Gasteiger partial charge in [0.05, 0.1) is 13.2 Å². The number of likely N-dealkylation sites (N-methyl/N-ethyl adjacent to an activating group) is 1. The number of rotatable bonds is 8. The Bertz CT molecular complexity index is 542. The zero-order chi connectivity index (χ0) is 17.5. The Hall–Kier alpha value is -1.79. The van der Waals surface area contributed by atoms with Gasteiger partial charge in [-0.1, -0.05) is 13.0 Å². The summed E-state index contributed by atoms with van der Waals surface area (Å²) in [6.45, 7) is 11.3. The SMILES string of the molecule is CCOc1ccc(C(C(=O)O)N2CCN(CC)CC2)cc1OCC. The number of nitrogens with zero attached hydrogens (tertiary/aromatic N) is 2. The molecule has 1 aliphatic heterocycles. The number of ether oxygens (including phenoxy) is 2. The standard InChI is InChI=1S/C18H28N2O4/c1-4-19-9-11-20(12-10-19)17(18(21)22)14-7-8-15(23-5-2)16(13-14)24-6-3/h7-8,13,17H,4-6,9-12H2,1-3H3,(H,21,22). The van der Waals surface area contributed by atoms with Crippen LogP contribution in [0.15, 0.2) is 18.2 Å². The molecular formula is C18H28N2O4. The summed E-state index contributed by atoms with van der Waals surface area (Å²) < 4.78 is 11.2. The molecule has 0 spiro atoms. The topological polar surface area (TPSA) is 62.2 Å². The molecule has 1 N–H and O–H groups in total. The highest BCUT2D eigenvalue weighted by Crippen LogP contribution is 2.33. The van der Waals surface area contributed by atoms with Gasteiger partial charge in [-0.25, -0.2) is 0 Å². The lowest BCUT2D eigenvalue weighted by atomic mass is 10.0. The fourth-order valence-electron chi connectivity index (χ4n) is 3.09. The van der Waals surface area contributed by atoms with Gasteiger partial charge in [0, 0.05) is 26.2 Å². The van der Waals surface area contributed by atoms with Crippen molar-refractivity contribution in [3.8, 4) is 11.5 Å². The van der Waals surface area contributed by atoms with Crippen molar-refractivity contribution in [2.75, 3.05) is 45.9 Å². The van der Waals surface area contributed by atoms with E-state index in [-0.39, 0.29) is 0 Å². The number of carboxylic acids is 1. The molecule has 1 aromatic rings. The van der Waals surface area contributed by atoms with Crippen LogP contribution in [0.4, 0.5) is 0 Å². The maximum Gasteiger partial charge on any atom is 0.325 e. The van der Waals surface area contributed by atoms with Crippen LogP contribution in [-0.4, -0.2) is 66.8 Å². The lowest BCUT2D eigenvalue weighted by Gasteiger charge is -2.37. The van der Waals surface area contributed by atoms with Gasteiger partial charge >= 0.3 is 5.97 Å². The Morgan fingerprint density at radius 3 is 2.25 bits per heavy atom. The Morgan fingerprint density at radius 1 is 1.08 bits per heavy atom. The average molecular weight is 336 g/mol. The molecule has 134 valence electrons. The molecule has 2 rings (SSSR count). The van der Waals surface area contributed by atoms with E-state index in [0.717, 1.165) is 38.3 Å². The largest absolute Gasteiger partial charge is 0.490 e. The van der Waals surface area contributed by atoms with Gasteiger partial charge in [0.2, 0.25) is 0 Å². The van der Waals surface area contributed by atoms with Crippen molar-refractivity contribution in [3.05, 3.63) is 23.8 Å². The second-order valence-corrected chi connectivity index (χ2v) is 5.78. The van der Waals surface area contributed by atoms with E-state index in [0.29, 0.717) is 24.7 Å². The van der Waals surface area contributed by atoms with E-state index in [4.69, 9.17) is 9.47 Å². The highest BCUT2D eigenvalue weighted by molar-refractivity contribution is 5.76. The molecule has 6 heteroatoms. The van der Waals surface area contributed by atoms with Gasteiger partial charge in [-0.2, -0.15) is 0 Å². The van der Waals surface area contributed by atoms with Crippen molar-refractivity contribution in [2.24, 2.45) is 0 Å². The van der Waals surface area contributed by atoms with Crippen molar-refractivity contribution < 1.29 is 19.4 Å². The molecule has 0 saturated carbocycles. The molecule has 0 bridgehead atoms. The number of piperazine rings is 1. The summed E-state index contributed by atoms with van der Waals surface area (Å²) in [5.74, 6) is 0.435. The minimum atomic E-state index is -0.827. The zero-order valence-corrected chi connectivity index (χ0v) is 14.8. The van der Waals surface area contributed by atoms with Gasteiger partial charge in [0.25, 0.3) is 0 Å². The van der Waals surface area contributed by atoms with E-state index in [9.17, 15) is 9.90 Å². The summed E-state index contributed by atoms with van der Waals surface area (Å²) in [5, 5.41) is 9.77. The number of carboxylic acid groups (broad SMARTS) is 1. The van der Waals surface area contributed by atoms with Crippen LogP contribution in [0.1, 0.15) is 32.4 Å². The maximum absolute atomic E-state index is 11.9. The van der Waals surface area contributed by atoms with E-state index in [1.54, 1.807) is 6.07 Å². The van der Waals surface area contributed by atoms with Crippen molar-refractivity contribution in [1.82, 2.24) is 9.80 Å². The third kappa shape index (κ3) is 4.39. The predicted molar refractivity (Wildman–Crippen MR) is 92.8 cm³/mol. The van der Waals surface area contributed by atoms with Crippen LogP contribution < -0.4 is 9.47 Å². The van der Waals surface area contributed by atoms with Crippen LogP contribution >= 0.6 is 0 Å². The van der Waals surface area contributed by atoms with E-state index < -0.39 is 12.0 Å². The fourth-order valence-corrected chi connectivity index (χ4v) is 3.09. The highest BCUT2D eigenvalue weighted by atomic mass is 16.5. The smallest absolute Gasteiger partial charge is 0.325 e. The van der Waals surface area contributed by atoms with Crippen LogP contribution in [0, 0.1) is 0 Å². The van der Waals surface area contributed by atoms with Crippen LogP contribution in [0.5, 0.6) is 11.5 Å².